The molecule has 0 atom stereocenters. The zero-order chi connectivity index (χ0) is 13.1. The third kappa shape index (κ3) is 2.93. The first-order valence-corrected chi connectivity index (χ1v) is 7.58. The van der Waals surface area contributed by atoms with Crippen molar-refractivity contribution in [1.29, 1.82) is 0 Å². The Kier molecular flexibility index (Phi) is 4.05. The number of hydrogen-bond acceptors (Lipinski definition) is 6. The van der Waals surface area contributed by atoms with Crippen molar-refractivity contribution in [1.82, 2.24) is 25.1 Å². The van der Waals surface area contributed by atoms with Crippen LogP contribution in [0.3, 0.4) is 0 Å². The van der Waals surface area contributed by atoms with Gasteiger partial charge in [0.05, 0.1) is 0 Å². The molecule has 1 aliphatic heterocycles. The Labute approximate surface area is 116 Å². The number of aromatic nitrogens is 4. The van der Waals surface area contributed by atoms with Crippen LogP contribution in [0, 0.1) is 5.92 Å². The van der Waals surface area contributed by atoms with E-state index in [1.165, 1.54) is 19.3 Å². The molecule has 3 rings (SSSR count). The van der Waals surface area contributed by atoms with Gasteiger partial charge in [0.15, 0.2) is 5.82 Å². The predicted octanol–water partition coefficient (Wildman–Crippen LogP) is 1.26. The van der Waals surface area contributed by atoms with Gasteiger partial charge in [-0.2, -0.15) is 9.61 Å². The van der Waals surface area contributed by atoms with E-state index in [2.05, 4.69) is 20.6 Å². The maximum atomic E-state index is 5.09. The van der Waals surface area contributed by atoms with Crippen LogP contribution >= 0.6 is 11.3 Å². The van der Waals surface area contributed by atoms with Crippen molar-refractivity contribution in [2.75, 3.05) is 20.2 Å². The molecule has 2 aromatic rings. The van der Waals surface area contributed by atoms with Crippen LogP contribution in [0.25, 0.3) is 4.96 Å². The number of nitrogens with one attached hydrogen (secondary N) is 1. The van der Waals surface area contributed by atoms with Crippen LogP contribution in [-0.4, -0.2) is 40.0 Å². The number of nitrogens with zero attached hydrogens (tertiary/aromatic N) is 4. The maximum absolute atomic E-state index is 5.09. The summed E-state index contributed by atoms with van der Waals surface area (Å²) in [4.78, 5) is 0.868. The second-order valence-corrected chi connectivity index (χ2v) is 6.01. The van der Waals surface area contributed by atoms with Gasteiger partial charge < -0.3 is 10.1 Å². The summed E-state index contributed by atoms with van der Waals surface area (Å²) in [6, 6.07) is 0. The first-order valence-electron chi connectivity index (χ1n) is 6.76. The van der Waals surface area contributed by atoms with Crippen LogP contribution in [0.15, 0.2) is 0 Å². The molecular weight excluding hydrogens is 262 g/mol. The summed E-state index contributed by atoms with van der Waals surface area (Å²) >= 11 is 1.64. The number of hydrogen-bond donors (Lipinski definition) is 1. The molecule has 1 aliphatic rings. The number of aryl methyl sites for hydroxylation is 1. The summed E-state index contributed by atoms with van der Waals surface area (Å²) in [5.74, 6) is 1.62. The van der Waals surface area contributed by atoms with Gasteiger partial charge in [0.1, 0.15) is 11.6 Å². The fourth-order valence-electron chi connectivity index (χ4n) is 2.52. The summed E-state index contributed by atoms with van der Waals surface area (Å²) in [5.41, 5.74) is 0. The van der Waals surface area contributed by atoms with Crippen molar-refractivity contribution >= 4 is 16.3 Å². The first-order chi connectivity index (χ1) is 9.36. The second-order valence-electron chi connectivity index (χ2n) is 4.97. The molecule has 1 saturated heterocycles. The first kappa shape index (κ1) is 13.0. The highest BCUT2D eigenvalue weighted by Gasteiger charge is 2.15. The topological polar surface area (TPSA) is 64.3 Å². The van der Waals surface area contributed by atoms with Gasteiger partial charge in [0.25, 0.3) is 0 Å². The van der Waals surface area contributed by atoms with Crippen LogP contribution < -0.4 is 5.32 Å². The van der Waals surface area contributed by atoms with E-state index >= 15 is 0 Å². The Morgan fingerprint density at radius 2 is 2.21 bits per heavy atom. The fraction of sp³-hybridized carbons (Fsp3) is 0.750. The van der Waals surface area contributed by atoms with Gasteiger partial charge in [0, 0.05) is 13.5 Å². The average molecular weight is 281 g/mol. The Morgan fingerprint density at radius 3 is 3.00 bits per heavy atom. The van der Waals surface area contributed by atoms with Crippen molar-refractivity contribution in [3.05, 3.63) is 10.8 Å². The third-order valence-corrected chi connectivity index (χ3v) is 4.55. The predicted molar refractivity (Wildman–Crippen MR) is 73.3 cm³/mol. The van der Waals surface area contributed by atoms with E-state index < -0.39 is 0 Å². The van der Waals surface area contributed by atoms with E-state index in [9.17, 15) is 0 Å². The molecule has 0 bridgehead atoms. The number of fused-ring (bicyclic) bond motifs is 1. The highest BCUT2D eigenvalue weighted by Crippen LogP contribution is 2.21. The van der Waals surface area contributed by atoms with Gasteiger partial charge in [-0.25, -0.2) is 0 Å². The molecule has 1 N–H and O–H groups in total. The molecule has 2 aromatic heterocycles. The van der Waals surface area contributed by atoms with Crippen molar-refractivity contribution in [3.63, 3.8) is 0 Å². The lowest BCUT2D eigenvalue weighted by atomic mass is 9.93. The standard InChI is InChI=1S/C12H19N5OS/c1-18-8-10-14-15-12-17(10)16-11(19-12)3-2-9-4-6-13-7-5-9/h9,13H,2-8H2,1H3. The van der Waals surface area contributed by atoms with E-state index in [1.54, 1.807) is 18.4 Å². The summed E-state index contributed by atoms with van der Waals surface area (Å²) in [6.07, 6.45) is 4.86. The molecule has 0 radical (unpaired) electrons. The SMILES string of the molecule is COCc1nnc2sc(CCC3CCNCC3)nn12. The van der Waals surface area contributed by atoms with Gasteiger partial charge in [-0.15, -0.1) is 10.2 Å². The lowest BCUT2D eigenvalue weighted by Crippen LogP contribution is -2.27. The van der Waals surface area contributed by atoms with Gasteiger partial charge >= 0.3 is 0 Å². The van der Waals surface area contributed by atoms with Gasteiger partial charge in [0.2, 0.25) is 4.96 Å². The highest BCUT2D eigenvalue weighted by atomic mass is 32.1. The molecule has 19 heavy (non-hydrogen) atoms. The number of methoxy groups -OCH3 is 1. The number of rotatable bonds is 5. The second kappa shape index (κ2) is 5.94. The Balaban J connectivity index is 1.64. The average Bonchev–Trinajstić information content (AvgIpc) is 3.00. The molecule has 7 heteroatoms. The van der Waals surface area contributed by atoms with Crippen LogP contribution in [0.2, 0.25) is 0 Å². The molecule has 104 valence electrons. The normalized spacial score (nSPS) is 17.3. The third-order valence-electron chi connectivity index (χ3n) is 3.60. The van der Waals surface area contributed by atoms with E-state index in [-0.39, 0.29) is 0 Å². The zero-order valence-corrected chi connectivity index (χ0v) is 11.9. The molecule has 0 aromatic carbocycles. The van der Waals surface area contributed by atoms with Crippen molar-refractivity contribution in [3.8, 4) is 0 Å². The Hall–Kier alpha value is -1.05. The lowest BCUT2D eigenvalue weighted by molar-refractivity contribution is 0.176. The summed E-state index contributed by atoms with van der Waals surface area (Å²) in [7, 11) is 1.66. The monoisotopic (exact) mass is 281 g/mol. The number of piperidine rings is 1. The summed E-state index contributed by atoms with van der Waals surface area (Å²) < 4.78 is 6.90. The van der Waals surface area contributed by atoms with E-state index in [0.29, 0.717) is 6.61 Å². The molecule has 0 saturated carbocycles. The van der Waals surface area contributed by atoms with Crippen molar-refractivity contribution in [2.45, 2.75) is 32.3 Å². The van der Waals surface area contributed by atoms with Crippen LogP contribution in [0.1, 0.15) is 30.1 Å². The molecule has 3 heterocycles. The molecule has 0 spiro atoms. The lowest BCUT2D eigenvalue weighted by Gasteiger charge is -2.21. The minimum absolute atomic E-state index is 0.457. The summed E-state index contributed by atoms with van der Waals surface area (Å²) in [5, 5.41) is 17.3. The van der Waals surface area contributed by atoms with Crippen LogP contribution in [0.5, 0.6) is 0 Å². The van der Waals surface area contributed by atoms with Crippen molar-refractivity contribution in [2.24, 2.45) is 5.92 Å². The Bertz CT molecular complexity index is 531. The highest BCUT2D eigenvalue weighted by molar-refractivity contribution is 7.16. The smallest absolute Gasteiger partial charge is 0.234 e. The van der Waals surface area contributed by atoms with Gasteiger partial charge in [-0.3, -0.25) is 0 Å². The Morgan fingerprint density at radius 1 is 1.37 bits per heavy atom. The van der Waals surface area contributed by atoms with E-state index in [0.717, 1.165) is 41.2 Å². The fourth-order valence-corrected chi connectivity index (χ4v) is 3.38. The zero-order valence-electron chi connectivity index (χ0n) is 11.1. The maximum Gasteiger partial charge on any atom is 0.234 e. The molecule has 6 nitrogen and oxygen atoms in total. The largest absolute Gasteiger partial charge is 0.377 e. The molecule has 1 fully saturated rings. The minimum atomic E-state index is 0.457. The molecule has 0 amide bonds. The van der Waals surface area contributed by atoms with E-state index in [4.69, 9.17) is 4.74 Å². The van der Waals surface area contributed by atoms with E-state index in [1.807, 2.05) is 4.52 Å². The van der Waals surface area contributed by atoms with Crippen molar-refractivity contribution < 1.29 is 4.74 Å². The minimum Gasteiger partial charge on any atom is -0.377 e. The quantitative estimate of drug-likeness (QED) is 0.894. The number of ether oxygens (including phenoxy) is 1. The molecule has 0 aliphatic carbocycles. The van der Waals surface area contributed by atoms with Crippen LogP contribution in [0.4, 0.5) is 0 Å². The summed E-state index contributed by atoms with van der Waals surface area (Å²) in [6.45, 7) is 2.78. The van der Waals surface area contributed by atoms with Gasteiger partial charge in [-0.05, 0) is 38.3 Å². The molecular formula is C12H19N5OS. The molecule has 0 unspecified atom stereocenters. The van der Waals surface area contributed by atoms with Crippen LogP contribution in [-0.2, 0) is 17.8 Å². The van der Waals surface area contributed by atoms with Gasteiger partial charge in [-0.1, -0.05) is 11.3 Å².